The van der Waals surface area contributed by atoms with Crippen LogP contribution in [0.2, 0.25) is 0 Å². The number of carbonyl (C=O) groups excluding carboxylic acids is 2. The Morgan fingerprint density at radius 2 is 1.19 bits per heavy atom. The zero-order valence-electron chi connectivity index (χ0n) is 17.5. The van der Waals surface area contributed by atoms with Crippen LogP contribution in [0.1, 0.15) is 24.2 Å². The zero-order chi connectivity index (χ0) is 23.3. The van der Waals surface area contributed by atoms with Crippen molar-refractivity contribution in [3.8, 4) is 11.1 Å². The van der Waals surface area contributed by atoms with Crippen LogP contribution in [-0.2, 0) is 4.79 Å². The van der Waals surface area contributed by atoms with Crippen LogP contribution in [0.4, 0.5) is 16.2 Å². The molecule has 0 aromatic heterocycles. The molecule has 3 amide bonds. The predicted octanol–water partition coefficient (Wildman–Crippen LogP) is 5.20. The van der Waals surface area contributed by atoms with E-state index in [1.807, 2.05) is 36.4 Å². The number of carboxylic acids is 1. The highest BCUT2D eigenvalue weighted by Crippen LogP contribution is 2.22. The molecule has 8 heteroatoms. The van der Waals surface area contributed by atoms with Gasteiger partial charge >= 0.3 is 12.0 Å². The van der Waals surface area contributed by atoms with Crippen molar-refractivity contribution in [3.05, 3.63) is 81.9 Å². The topological polar surface area (TPSA) is 108 Å². The first-order valence-corrected chi connectivity index (χ1v) is 10.8. The first-order chi connectivity index (χ1) is 15.1. The lowest BCUT2D eigenvalue weighted by Crippen LogP contribution is -2.49. The zero-order valence-corrected chi connectivity index (χ0v) is 19.6. The van der Waals surface area contributed by atoms with Gasteiger partial charge in [-0.25, -0.2) is 9.59 Å². The van der Waals surface area contributed by atoms with Gasteiger partial charge in [0.05, 0.1) is 0 Å². The maximum Gasteiger partial charge on any atom is 0.328 e. The molecule has 3 aromatic carbocycles. The molecule has 0 atom stereocenters. The largest absolute Gasteiger partial charge is 0.480 e. The Kier molecular flexibility index (Phi) is 7.14. The van der Waals surface area contributed by atoms with E-state index in [1.54, 1.807) is 36.4 Å². The second kappa shape index (κ2) is 9.82. The summed E-state index contributed by atoms with van der Waals surface area (Å²) < 4.78 is 1.09. The minimum atomic E-state index is -1.36. The summed E-state index contributed by atoms with van der Waals surface area (Å²) >= 11 is 2.20. The summed E-state index contributed by atoms with van der Waals surface area (Å²) in [6.07, 6.45) is 0. The molecule has 0 fully saturated rings. The summed E-state index contributed by atoms with van der Waals surface area (Å²) in [7, 11) is 0. The molecule has 3 aromatic rings. The van der Waals surface area contributed by atoms with Crippen LogP contribution in [0.25, 0.3) is 11.1 Å². The van der Waals surface area contributed by atoms with E-state index >= 15 is 0 Å². The molecule has 0 heterocycles. The second-order valence-electron chi connectivity index (χ2n) is 7.62. The smallest absolute Gasteiger partial charge is 0.328 e. The standard InChI is InChI=1S/C24H22IN3O4/c1-24(2,22(30)31)28-21(29)17-5-3-15(4-6-17)16-7-11-19(12-8-16)26-23(32)27-20-13-9-18(25)10-14-20/h3-14H,1-2H3,(H,28,29)(H,30,31)(H2,26,27,32). The van der Waals surface area contributed by atoms with Crippen LogP contribution in [0, 0.1) is 3.57 Å². The number of anilines is 2. The number of hydrogen-bond acceptors (Lipinski definition) is 3. The van der Waals surface area contributed by atoms with Crippen LogP contribution in [0.3, 0.4) is 0 Å². The number of hydrogen-bond donors (Lipinski definition) is 4. The third-order valence-electron chi connectivity index (χ3n) is 4.69. The van der Waals surface area contributed by atoms with Crippen molar-refractivity contribution in [1.82, 2.24) is 5.32 Å². The van der Waals surface area contributed by atoms with Crippen molar-refractivity contribution in [2.75, 3.05) is 10.6 Å². The highest BCUT2D eigenvalue weighted by Gasteiger charge is 2.29. The number of carbonyl (C=O) groups is 3. The first-order valence-electron chi connectivity index (χ1n) is 9.74. The molecular weight excluding hydrogens is 521 g/mol. The first kappa shape index (κ1) is 23.3. The molecule has 0 aliphatic rings. The maximum absolute atomic E-state index is 12.3. The Hall–Kier alpha value is -3.40. The molecule has 164 valence electrons. The van der Waals surface area contributed by atoms with Crippen molar-refractivity contribution in [1.29, 1.82) is 0 Å². The van der Waals surface area contributed by atoms with E-state index in [4.69, 9.17) is 5.11 Å². The number of carboxylic acid groups (broad SMARTS) is 1. The average molecular weight is 543 g/mol. The molecule has 0 saturated carbocycles. The van der Waals surface area contributed by atoms with Gasteiger partial charge in [0.2, 0.25) is 0 Å². The van der Waals surface area contributed by atoms with Crippen LogP contribution < -0.4 is 16.0 Å². The number of urea groups is 1. The third-order valence-corrected chi connectivity index (χ3v) is 5.41. The Labute approximate surface area is 199 Å². The summed E-state index contributed by atoms with van der Waals surface area (Å²) in [6, 6.07) is 21.3. The fourth-order valence-electron chi connectivity index (χ4n) is 2.80. The van der Waals surface area contributed by atoms with E-state index in [1.165, 1.54) is 13.8 Å². The number of nitrogens with one attached hydrogen (secondary N) is 3. The van der Waals surface area contributed by atoms with E-state index in [0.717, 1.165) is 14.7 Å². The molecule has 0 saturated heterocycles. The van der Waals surface area contributed by atoms with Crippen LogP contribution >= 0.6 is 22.6 Å². The van der Waals surface area contributed by atoms with E-state index < -0.39 is 17.4 Å². The summed E-state index contributed by atoms with van der Waals surface area (Å²) in [4.78, 5) is 35.6. The minimum Gasteiger partial charge on any atom is -0.480 e. The van der Waals surface area contributed by atoms with Gasteiger partial charge in [0, 0.05) is 20.5 Å². The SMILES string of the molecule is CC(C)(NC(=O)c1ccc(-c2ccc(NC(=O)Nc3ccc(I)cc3)cc2)cc1)C(=O)O. The highest BCUT2D eigenvalue weighted by atomic mass is 127. The molecule has 3 rings (SSSR count). The van der Waals surface area contributed by atoms with Gasteiger partial charge in [-0.2, -0.15) is 0 Å². The van der Waals surface area contributed by atoms with Crippen molar-refractivity contribution in [2.45, 2.75) is 19.4 Å². The lowest BCUT2D eigenvalue weighted by molar-refractivity contribution is -0.143. The number of amides is 3. The summed E-state index contributed by atoms with van der Waals surface area (Å²) in [5.74, 6) is -1.56. The molecule has 4 N–H and O–H groups in total. The van der Waals surface area contributed by atoms with E-state index in [9.17, 15) is 14.4 Å². The molecule has 7 nitrogen and oxygen atoms in total. The van der Waals surface area contributed by atoms with Gasteiger partial charge in [-0.1, -0.05) is 24.3 Å². The van der Waals surface area contributed by atoms with E-state index in [-0.39, 0.29) is 6.03 Å². The minimum absolute atomic E-state index is 0.335. The molecule has 0 aliphatic heterocycles. The summed E-state index contributed by atoms with van der Waals surface area (Å²) in [5.41, 5.74) is 2.15. The molecular formula is C24H22IN3O4. The Morgan fingerprint density at radius 1 is 0.750 bits per heavy atom. The maximum atomic E-state index is 12.3. The average Bonchev–Trinajstić information content (AvgIpc) is 2.75. The number of halogens is 1. The second-order valence-corrected chi connectivity index (χ2v) is 8.87. The van der Waals surface area contributed by atoms with Gasteiger partial charge in [0.25, 0.3) is 5.91 Å². The van der Waals surface area contributed by atoms with Crippen molar-refractivity contribution < 1.29 is 19.5 Å². The quantitative estimate of drug-likeness (QED) is 0.321. The van der Waals surface area contributed by atoms with Crippen molar-refractivity contribution >= 4 is 51.9 Å². The normalized spacial score (nSPS) is 10.8. The highest BCUT2D eigenvalue weighted by molar-refractivity contribution is 14.1. The fourth-order valence-corrected chi connectivity index (χ4v) is 3.16. The third kappa shape index (κ3) is 6.07. The number of aliphatic carboxylic acids is 1. The Morgan fingerprint density at radius 3 is 1.66 bits per heavy atom. The molecule has 32 heavy (non-hydrogen) atoms. The van der Waals surface area contributed by atoms with Gasteiger partial charge in [0.15, 0.2) is 0 Å². The fraction of sp³-hybridized carbons (Fsp3) is 0.125. The van der Waals surface area contributed by atoms with E-state index in [0.29, 0.717) is 16.9 Å². The lowest BCUT2D eigenvalue weighted by Gasteiger charge is -2.21. The van der Waals surface area contributed by atoms with Crippen molar-refractivity contribution in [2.24, 2.45) is 0 Å². The number of rotatable bonds is 6. The van der Waals surface area contributed by atoms with Gasteiger partial charge in [-0.15, -0.1) is 0 Å². The summed E-state index contributed by atoms with van der Waals surface area (Å²) in [6.45, 7) is 2.86. The molecule has 0 spiro atoms. The van der Waals surface area contributed by atoms with Crippen LogP contribution in [-0.4, -0.2) is 28.6 Å². The molecule has 0 unspecified atom stereocenters. The van der Waals surface area contributed by atoms with Crippen molar-refractivity contribution in [3.63, 3.8) is 0 Å². The molecule has 0 aliphatic carbocycles. The monoisotopic (exact) mass is 543 g/mol. The van der Waals surface area contributed by atoms with Gasteiger partial charge in [0.1, 0.15) is 5.54 Å². The Bertz CT molecular complexity index is 1130. The molecule has 0 bridgehead atoms. The molecule has 0 radical (unpaired) electrons. The van der Waals surface area contributed by atoms with Crippen LogP contribution in [0.5, 0.6) is 0 Å². The van der Waals surface area contributed by atoms with Gasteiger partial charge < -0.3 is 21.1 Å². The Balaban J connectivity index is 1.62. The van der Waals surface area contributed by atoms with Crippen LogP contribution in [0.15, 0.2) is 72.8 Å². The van der Waals surface area contributed by atoms with E-state index in [2.05, 4.69) is 38.5 Å². The van der Waals surface area contributed by atoms with Gasteiger partial charge in [-0.05, 0) is 96.1 Å². The summed E-state index contributed by atoms with van der Waals surface area (Å²) in [5, 5.41) is 17.2. The number of benzene rings is 3. The van der Waals surface area contributed by atoms with Gasteiger partial charge in [-0.3, -0.25) is 4.79 Å². The predicted molar refractivity (Wildman–Crippen MR) is 133 cm³/mol. The lowest BCUT2D eigenvalue weighted by atomic mass is 10.0.